The van der Waals surface area contributed by atoms with Gasteiger partial charge in [-0.1, -0.05) is 51.1 Å². The average Bonchev–Trinajstić information content (AvgIpc) is 4.14. The number of sulfonamides is 1. The Hall–Kier alpha value is -4.00. The number of benzene rings is 1. The van der Waals surface area contributed by atoms with Gasteiger partial charge in [-0.15, -0.1) is 0 Å². The Morgan fingerprint density at radius 2 is 1.74 bits per heavy atom. The molecule has 1 aromatic carbocycles. The second-order valence-corrected chi connectivity index (χ2v) is 21.0. The zero-order valence-electron chi connectivity index (χ0n) is 34.3. The molecule has 5 fully saturated rings. The fourth-order valence-corrected chi connectivity index (χ4v) is 11.3. The van der Waals surface area contributed by atoms with E-state index in [2.05, 4.69) is 16.6 Å². The normalized spacial score (nSPS) is 34.8. The molecule has 1 saturated heterocycles. The zero-order valence-corrected chi connectivity index (χ0v) is 35.1. The van der Waals surface area contributed by atoms with Crippen LogP contribution in [0.15, 0.2) is 42.6 Å². The van der Waals surface area contributed by atoms with Gasteiger partial charge in [0.1, 0.15) is 18.0 Å². The van der Waals surface area contributed by atoms with E-state index in [1.54, 1.807) is 18.0 Å². The molecule has 0 bridgehead atoms. The molecule has 10 atom stereocenters. The molecule has 1 N–H and O–H groups in total. The van der Waals surface area contributed by atoms with Crippen LogP contribution in [-0.4, -0.2) is 78.0 Å². The Balaban J connectivity index is 1.10. The topological polar surface area (TPSA) is 158 Å². The molecule has 314 valence electrons. The molecule has 4 saturated carbocycles. The summed E-state index contributed by atoms with van der Waals surface area (Å²) in [5.41, 5.74) is -1.25. The van der Waals surface area contributed by atoms with Crippen molar-refractivity contribution in [3.63, 3.8) is 0 Å². The largest absolute Gasteiger partial charge is 0.491 e. The molecule has 3 heterocycles. The first-order valence-corrected chi connectivity index (χ1v) is 23.1. The summed E-state index contributed by atoms with van der Waals surface area (Å²) in [4.78, 5) is 63.7. The van der Waals surface area contributed by atoms with Crippen molar-refractivity contribution in [1.29, 1.82) is 0 Å². The van der Waals surface area contributed by atoms with E-state index >= 15 is 4.79 Å². The first kappa shape index (κ1) is 40.8. The lowest BCUT2D eigenvalue weighted by Crippen LogP contribution is -2.48. The van der Waals surface area contributed by atoms with Crippen LogP contribution in [0.25, 0.3) is 10.8 Å². The fourth-order valence-electron chi connectivity index (χ4n) is 9.97. The second kappa shape index (κ2) is 15.9. The molecule has 2 aliphatic heterocycles. The molecular formula is C45H59N3O9S. The highest BCUT2D eigenvalue weighted by molar-refractivity contribution is 7.91. The molecular weight excluding hydrogens is 759 g/mol. The van der Waals surface area contributed by atoms with Gasteiger partial charge in [0.05, 0.1) is 47.9 Å². The SMILES string of the molecule is CCCOc1cnc(O[C@@H]2C[C@H]3C(=O)C[C@]4(C(=O)NS(=O)(=O)C5(C)CC5)C[C@H]4/C=C\CC[C@@H](C)C[C@@H](C)[C@H](CC(=O)OC4C[C@@H]5C[C@@H]5C4)C(=O)N3C2)c2ccccc12. The van der Waals surface area contributed by atoms with Gasteiger partial charge in [-0.2, -0.15) is 0 Å². The smallest absolute Gasteiger partial charge is 0.306 e. The monoisotopic (exact) mass is 817 g/mol. The van der Waals surface area contributed by atoms with Crippen molar-refractivity contribution in [3.05, 3.63) is 42.6 Å². The van der Waals surface area contributed by atoms with Crippen molar-refractivity contribution in [2.45, 2.75) is 134 Å². The number of rotatable bonds is 11. The van der Waals surface area contributed by atoms with Crippen LogP contribution in [0.1, 0.15) is 111 Å². The number of aromatic nitrogens is 1. The van der Waals surface area contributed by atoms with Gasteiger partial charge in [0, 0.05) is 23.6 Å². The number of ketones is 1. The Kier molecular flexibility index (Phi) is 11.2. The number of carbonyl (C=O) groups is 4. The summed E-state index contributed by atoms with van der Waals surface area (Å²) in [6, 6.07) is 6.69. The van der Waals surface area contributed by atoms with Crippen LogP contribution in [0.5, 0.6) is 11.6 Å². The van der Waals surface area contributed by atoms with Crippen molar-refractivity contribution in [1.82, 2.24) is 14.6 Å². The average molecular weight is 818 g/mol. The number of ether oxygens (including phenoxy) is 3. The summed E-state index contributed by atoms with van der Waals surface area (Å²) in [5, 5.41) is 1.57. The fraction of sp³-hybridized carbons (Fsp3) is 0.667. The molecule has 4 aliphatic carbocycles. The highest BCUT2D eigenvalue weighted by atomic mass is 32.2. The first-order chi connectivity index (χ1) is 27.7. The number of Topliss-reactive ketones (excluding diaryl/α,β-unsaturated/α-hetero) is 1. The van der Waals surface area contributed by atoms with E-state index in [1.165, 1.54) is 6.42 Å². The van der Waals surface area contributed by atoms with Crippen LogP contribution >= 0.6 is 0 Å². The Morgan fingerprint density at radius 3 is 2.47 bits per heavy atom. The van der Waals surface area contributed by atoms with Gasteiger partial charge in [0.25, 0.3) is 0 Å². The summed E-state index contributed by atoms with van der Waals surface area (Å²) in [7, 11) is -3.95. The number of nitrogens with one attached hydrogen (secondary N) is 1. The summed E-state index contributed by atoms with van der Waals surface area (Å²) < 4.78 is 46.5. The van der Waals surface area contributed by atoms with Crippen LogP contribution in [-0.2, 0) is 33.9 Å². The number of hydrogen-bond donors (Lipinski definition) is 1. The second-order valence-electron chi connectivity index (χ2n) is 18.8. The molecule has 6 aliphatic rings. The number of carbonyl (C=O) groups excluding carboxylic acids is 4. The number of esters is 1. The highest BCUT2D eigenvalue weighted by Gasteiger charge is 2.63. The van der Waals surface area contributed by atoms with Gasteiger partial charge in [0.15, 0.2) is 5.78 Å². The highest BCUT2D eigenvalue weighted by Crippen LogP contribution is 2.58. The predicted octanol–water partition coefficient (Wildman–Crippen LogP) is 6.70. The number of hydrogen-bond acceptors (Lipinski definition) is 10. The van der Waals surface area contributed by atoms with Gasteiger partial charge in [-0.05, 0) is 107 Å². The number of pyridine rings is 1. The minimum absolute atomic E-state index is 0.0778. The minimum atomic E-state index is -3.95. The quantitative estimate of drug-likeness (QED) is 0.191. The number of nitrogens with zero attached hydrogens (tertiary/aromatic N) is 2. The van der Waals surface area contributed by atoms with Gasteiger partial charge in [-0.3, -0.25) is 23.9 Å². The van der Waals surface area contributed by atoms with E-state index < -0.39 is 44.2 Å². The first-order valence-electron chi connectivity index (χ1n) is 21.6. The zero-order chi connectivity index (χ0) is 41.0. The lowest BCUT2D eigenvalue weighted by molar-refractivity contribution is -0.155. The third-order valence-corrected chi connectivity index (χ3v) is 16.3. The molecule has 1 aromatic heterocycles. The third kappa shape index (κ3) is 8.26. The van der Waals surface area contributed by atoms with Gasteiger partial charge in [-0.25, -0.2) is 13.4 Å². The molecule has 8 rings (SSSR count). The van der Waals surface area contributed by atoms with Crippen molar-refractivity contribution in [2.24, 2.45) is 40.9 Å². The summed E-state index contributed by atoms with van der Waals surface area (Å²) in [6.07, 6.45) is 12.1. The van der Waals surface area contributed by atoms with E-state index in [1.807, 2.05) is 50.3 Å². The van der Waals surface area contributed by atoms with E-state index in [9.17, 15) is 22.8 Å². The molecule has 0 spiro atoms. The molecule has 13 heteroatoms. The van der Waals surface area contributed by atoms with Gasteiger partial charge < -0.3 is 19.1 Å². The maximum Gasteiger partial charge on any atom is 0.306 e. The Morgan fingerprint density at radius 1 is 1.00 bits per heavy atom. The van der Waals surface area contributed by atoms with E-state index in [4.69, 9.17) is 14.2 Å². The van der Waals surface area contributed by atoms with Crippen LogP contribution < -0.4 is 14.2 Å². The summed E-state index contributed by atoms with van der Waals surface area (Å²) >= 11 is 0. The molecule has 12 nitrogen and oxygen atoms in total. The van der Waals surface area contributed by atoms with Gasteiger partial charge >= 0.3 is 5.97 Å². The minimum Gasteiger partial charge on any atom is -0.491 e. The lowest BCUT2D eigenvalue weighted by Gasteiger charge is -2.32. The van der Waals surface area contributed by atoms with Crippen LogP contribution in [0.4, 0.5) is 0 Å². The van der Waals surface area contributed by atoms with Crippen molar-refractivity contribution in [2.75, 3.05) is 13.2 Å². The predicted molar refractivity (Wildman–Crippen MR) is 217 cm³/mol. The third-order valence-electron chi connectivity index (χ3n) is 14.1. The summed E-state index contributed by atoms with van der Waals surface area (Å²) in [6.45, 7) is 8.43. The van der Waals surface area contributed by atoms with E-state index in [0.29, 0.717) is 55.8 Å². The lowest BCUT2D eigenvalue weighted by atomic mass is 9.82. The van der Waals surface area contributed by atoms with Crippen molar-refractivity contribution in [3.8, 4) is 11.6 Å². The van der Waals surface area contributed by atoms with E-state index in [0.717, 1.165) is 42.9 Å². The summed E-state index contributed by atoms with van der Waals surface area (Å²) in [5.74, 6) is -0.421. The number of fused-ring (bicyclic) bond motifs is 4. The Bertz CT molecular complexity index is 2070. The molecule has 2 amide bonds. The number of amides is 2. The standard InChI is InChI=1S/C45H59N3O9S/c1-5-16-55-39-25-46-41(35-13-9-8-12-34(35)39)57-33-21-37-38(49)24-45(43(52)47-58(53,54)44(4)14-15-44)23-31(45)11-7-6-10-27(2)17-28(3)36(42(51)48(37)26-33)22-40(50)56-32-19-29-18-30(29)20-32/h7-9,11-13,25,27-33,36-37H,5-6,10,14-24,26H2,1-4H3,(H,47,52)/b11-7-/t27-,28-,29-,30+,31-,32?,33-,36+,37+,45-/m1/s1. The molecule has 1 unspecified atom stereocenters. The van der Waals surface area contributed by atoms with Crippen LogP contribution in [0, 0.1) is 40.9 Å². The van der Waals surface area contributed by atoms with Crippen LogP contribution in [0.2, 0.25) is 0 Å². The van der Waals surface area contributed by atoms with E-state index in [-0.39, 0.29) is 67.3 Å². The van der Waals surface area contributed by atoms with Gasteiger partial charge in [0.2, 0.25) is 27.7 Å². The molecule has 58 heavy (non-hydrogen) atoms. The van der Waals surface area contributed by atoms with Crippen molar-refractivity contribution >= 4 is 44.4 Å². The Labute approximate surface area is 342 Å². The number of allylic oxidation sites excluding steroid dienone is 2. The molecule has 0 radical (unpaired) electrons. The molecule has 2 aromatic rings. The maximum absolute atomic E-state index is 15.0. The van der Waals surface area contributed by atoms with Crippen LogP contribution in [0.3, 0.4) is 0 Å². The maximum atomic E-state index is 15.0. The van der Waals surface area contributed by atoms with Crippen molar-refractivity contribution < 1.29 is 41.8 Å².